The van der Waals surface area contributed by atoms with Crippen LogP contribution in [0.4, 0.5) is 4.39 Å². The molecule has 0 saturated heterocycles. The van der Waals surface area contributed by atoms with Gasteiger partial charge in [0.05, 0.1) is 18.0 Å². The van der Waals surface area contributed by atoms with Crippen LogP contribution in [0.3, 0.4) is 0 Å². The molecule has 3 rings (SSSR count). The van der Waals surface area contributed by atoms with Crippen LogP contribution < -0.4 is 4.74 Å². The fraction of sp³-hybridized carbons (Fsp3) is 0.370. The lowest BCUT2D eigenvalue weighted by molar-refractivity contribution is -0.138. The number of nitrogens with zero attached hydrogens (tertiary/aromatic N) is 2. The number of carboxylic acid groups (broad SMARTS) is 1. The molecule has 1 unspecified atom stereocenters. The Labute approximate surface area is 215 Å². The molecule has 0 saturated carbocycles. The van der Waals surface area contributed by atoms with Crippen LogP contribution in [-0.2, 0) is 17.9 Å². The zero-order chi connectivity index (χ0) is 26.4. The molecule has 1 atom stereocenters. The number of carbonyl (C=O) groups is 1. The smallest absolute Gasteiger partial charge is 0.305 e. The first kappa shape index (κ1) is 27.4. The van der Waals surface area contributed by atoms with Gasteiger partial charge in [-0.05, 0) is 47.7 Å². The number of aromatic nitrogens is 1. The van der Waals surface area contributed by atoms with Gasteiger partial charge in [0.2, 0.25) is 0 Å². The number of halogens is 2. The molecule has 3 N–H and O–H groups in total. The van der Waals surface area contributed by atoms with Crippen LogP contribution in [-0.4, -0.2) is 43.9 Å². The maximum atomic E-state index is 14.2. The minimum Gasteiger partial charge on any atom is -0.494 e. The third kappa shape index (κ3) is 7.15. The van der Waals surface area contributed by atoms with Gasteiger partial charge in [0.15, 0.2) is 11.8 Å². The fourth-order valence-electron chi connectivity index (χ4n) is 4.24. The number of aromatic hydroxyl groups is 2. The standard InChI is InChI=1S/C27H32ClFN2O5/c1-17(2)15-30(23(14-27(34)35)20-5-6-21(28)22(29)13-20)16-19-4-7-24(18(3)12-19)36-11-10-31-25(32)8-9-26(31)33/h4-9,12-13,17,23,32-33H,10-11,14-16H2,1-3H3,(H,34,35). The first-order valence-corrected chi connectivity index (χ1v) is 12.1. The molecule has 7 nitrogen and oxygen atoms in total. The first-order chi connectivity index (χ1) is 17.0. The Bertz CT molecular complexity index is 1180. The summed E-state index contributed by atoms with van der Waals surface area (Å²) < 4.78 is 21.4. The van der Waals surface area contributed by atoms with Crippen molar-refractivity contribution in [2.45, 2.75) is 46.3 Å². The van der Waals surface area contributed by atoms with Crippen LogP contribution in [0, 0.1) is 18.7 Å². The van der Waals surface area contributed by atoms with Crippen LogP contribution in [0.25, 0.3) is 0 Å². The summed E-state index contributed by atoms with van der Waals surface area (Å²) in [7, 11) is 0. The third-order valence-electron chi connectivity index (χ3n) is 5.87. The summed E-state index contributed by atoms with van der Waals surface area (Å²) >= 11 is 5.85. The third-order valence-corrected chi connectivity index (χ3v) is 6.18. The Morgan fingerprint density at radius 1 is 1.11 bits per heavy atom. The molecule has 0 amide bonds. The summed E-state index contributed by atoms with van der Waals surface area (Å²) in [6, 6.07) is 12.5. The Hall–Kier alpha value is -3.23. The highest BCUT2D eigenvalue weighted by Crippen LogP contribution is 2.31. The van der Waals surface area contributed by atoms with Crippen molar-refractivity contribution in [2.75, 3.05) is 13.2 Å². The largest absolute Gasteiger partial charge is 0.494 e. The maximum absolute atomic E-state index is 14.2. The van der Waals surface area contributed by atoms with E-state index in [1.165, 1.54) is 28.8 Å². The Morgan fingerprint density at radius 2 is 1.81 bits per heavy atom. The highest BCUT2D eigenvalue weighted by molar-refractivity contribution is 6.30. The van der Waals surface area contributed by atoms with Gasteiger partial charge in [0.25, 0.3) is 0 Å². The van der Waals surface area contributed by atoms with Crippen LogP contribution in [0.5, 0.6) is 17.5 Å². The Kier molecular flexibility index (Phi) is 9.23. The van der Waals surface area contributed by atoms with E-state index in [0.717, 1.165) is 11.1 Å². The molecular weight excluding hydrogens is 487 g/mol. The first-order valence-electron chi connectivity index (χ1n) is 11.8. The van der Waals surface area contributed by atoms with Gasteiger partial charge >= 0.3 is 5.97 Å². The molecule has 1 aromatic heterocycles. The number of aliphatic carboxylic acids is 1. The summed E-state index contributed by atoms with van der Waals surface area (Å²) in [5.41, 5.74) is 2.42. The number of benzene rings is 2. The van der Waals surface area contributed by atoms with Crippen molar-refractivity contribution >= 4 is 17.6 Å². The SMILES string of the molecule is Cc1cc(CN(CC(C)C)C(CC(=O)O)c2ccc(Cl)c(F)c2)ccc1OCCn1c(O)ccc1O. The highest BCUT2D eigenvalue weighted by Gasteiger charge is 2.25. The second-order valence-corrected chi connectivity index (χ2v) is 9.67. The van der Waals surface area contributed by atoms with Crippen molar-refractivity contribution in [1.29, 1.82) is 0 Å². The van der Waals surface area contributed by atoms with Crippen molar-refractivity contribution in [1.82, 2.24) is 9.47 Å². The fourth-order valence-corrected chi connectivity index (χ4v) is 4.36. The van der Waals surface area contributed by atoms with Crippen molar-refractivity contribution in [2.24, 2.45) is 5.92 Å². The van der Waals surface area contributed by atoms with E-state index in [2.05, 4.69) is 13.8 Å². The van der Waals surface area contributed by atoms with Gasteiger partial charge in [-0.2, -0.15) is 0 Å². The van der Waals surface area contributed by atoms with E-state index >= 15 is 0 Å². The highest BCUT2D eigenvalue weighted by atomic mass is 35.5. The number of hydrogen-bond donors (Lipinski definition) is 3. The average Bonchev–Trinajstić information content (AvgIpc) is 3.12. The number of aryl methyl sites for hydroxylation is 1. The Morgan fingerprint density at radius 3 is 2.39 bits per heavy atom. The number of hydrogen-bond acceptors (Lipinski definition) is 5. The summed E-state index contributed by atoms with van der Waals surface area (Å²) in [5.74, 6) is -0.697. The van der Waals surface area contributed by atoms with Gasteiger partial charge in [-0.15, -0.1) is 0 Å². The molecule has 9 heteroatoms. The van der Waals surface area contributed by atoms with Crippen LogP contribution in [0.1, 0.15) is 43.0 Å². The molecule has 0 fully saturated rings. The van der Waals surface area contributed by atoms with Crippen molar-refractivity contribution in [3.05, 3.63) is 76.1 Å². The number of ether oxygens (including phenoxy) is 1. The molecule has 2 aromatic carbocycles. The van der Waals surface area contributed by atoms with E-state index < -0.39 is 17.8 Å². The van der Waals surface area contributed by atoms with Gasteiger partial charge in [-0.3, -0.25) is 14.3 Å². The normalized spacial score (nSPS) is 12.3. The molecule has 0 spiro atoms. The Balaban J connectivity index is 1.78. The van der Waals surface area contributed by atoms with E-state index in [1.807, 2.05) is 30.0 Å². The summed E-state index contributed by atoms with van der Waals surface area (Å²) in [6.07, 6.45) is -0.174. The van der Waals surface area contributed by atoms with Gasteiger partial charge in [-0.1, -0.05) is 43.6 Å². The van der Waals surface area contributed by atoms with Crippen LogP contribution >= 0.6 is 11.6 Å². The number of carboxylic acids is 1. The molecule has 194 valence electrons. The zero-order valence-corrected chi connectivity index (χ0v) is 21.4. The molecule has 0 bridgehead atoms. The van der Waals surface area contributed by atoms with E-state index in [1.54, 1.807) is 6.07 Å². The molecule has 0 radical (unpaired) electrons. The molecule has 0 aliphatic carbocycles. The molecule has 0 aliphatic rings. The molecule has 0 aliphatic heterocycles. The molecular formula is C27H32ClFN2O5. The van der Waals surface area contributed by atoms with Gasteiger partial charge in [0.1, 0.15) is 18.2 Å². The minimum absolute atomic E-state index is 0.00310. The summed E-state index contributed by atoms with van der Waals surface area (Å²) in [4.78, 5) is 13.8. The van der Waals surface area contributed by atoms with E-state index in [-0.39, 0.29) is 42.3 Å². The summed E-state index contributed by atoms with van der Waals surface area (Å²) in [6.45, 7) is 7.63. The van der Waals surface area contributed by atoms with Crippen LogP contribution in [0.2, 0.25) is 5.02 Å². The van der Waals surface area contributed by atoms with Gasteiger partial charge in [0, 0.05) is 31.3 Å². The van der Waals surface area contributed by atoms with Crippen molar-refractivity contribution in [3.8, 4) is 17.5 Å². The van der Waals surface area contributed by atoms with E-state index in [0.29, 0.717) is 24.4 Å². The quantitative estimate of drug-likeness (QED) is 0.282. The topological polar surface area (TPSA) is 95.2 Å². The zero-order valence-electron chi connectivity index (χ0n) is 20.6. The molecule has 3 aromatic rings. The summed E-state index contributed by atoms with van der Waals surface area (Å²) in [5, 5.41) is 29.1. The second-order valence-electron chi connectivity index (χ2n) is 9.26. The predicted octanol–water partition coefficient (Wildman–Crippen LogP) is 5.75. The van der Waals surface area contributed by atoms with Gasteiger partial charge in [-0.25, -0.2) is 4.39 Å². The maximum Gasteiger partial charge on any atom is 0.305 e. The van der Waals surface area contributed by atoms with Crippen molar-refractivity contribution in [3.63, 3.8) is 0 Å². The monoisotopic (exact) mass is 518 g/mol. The molecule has 36 heavy (non-hydrogen) atoms. The number of rotatable bonds is 12. The van der Waals surface area contributed by atoms with E-state index in [9.17, 15) is 24.5 Å². The lowest BCUT2D eigenvalue weighted by Crippen LogP contribution is -2.33. The minimum atomic E-state index is -0.969. The van der Waals surface area contributed by atoms with Crippen LogP contribution in [0.15, 0.2) is 48.5 Å². The average molecular weight is 519 g/mol. The lowest BCUT2D eigenvalue weighted by atomic mass is 9.99. The lowest BCUT2D eigenvalue weighted by Gasteiger charge is -2.33. The second kappa shape index (κ2) is 12.1. The predicted molar refractivity (Wildman–Crippen MR) is 136 cm³/mol. The molecule has 1 heterocycles. The van der Waals surface area contributed by atoms with E-state index in [4.69, 9.17) is 16.3 Å². The van der Waals surface area contributed by atoms with Gasteiger partial charge < -0.3 is 20.1 Å². The van der Waals surface area contributed by atoms with Crippen molar-refractivity contribution < 1.29 is 29.2 Å².